The van der Waals surface area contributed by atoms with E-state index in [0.717, 1.165) is 6.42 Å². The van der Waals surface area contributed by atoms with Crippen molar-refractivity contribution in [3.05, 3.63) is 34.4 Å². The zero-order chi connectivity index (χ0) is 13.6. The monoisotopic (exact) mass is 234 g/mol. The van der Waals surface area contributed by atoms with Gasteiger partial charge in [0.2, 0.25) is 0 Å². The summed E-state index contributed by atoms with van der Waals surface area (Å²) in [5.74, 6) is 0. The summed E-state index contributed by atoms with van der Waals surface area (Å²) in [5, 5.41) is 0. The molecule has 0 saturated carbocycles. The maximum absolute atomic E-state index is 2.33. The molecular formula is C17H30. The molecule has 0 heteroatoms. The molecule has 0 fully saturated rings. The van der Waals surface area contributed by atoms with Crippen LogP contribution in [0.4, 0.5) is 0 Å². The molecule has 0 atom stereocenters. The quantitative estimate of drug-likeness (QED) is 0.517. The van der Waals surface area contributed by atoms with Crippen molar-refractivity contribution in [2.24, 2.45) is 5.41 Å². The Morgan fingerprint density at radius 3 is 1.88 bits per heavy atom. The maximum atomic E-state index is 2.33. The van der Waals surface area contributed by atoms with Crippen molar-refractivity contribution in [3.63, 3.8) is 0 Å². The van der Waals surface area contributed by atoms with E-state index in [0.29, 0.717) is 5.41 Å². The summed E-state index contributed by atoms with van der Waals surface area (Å²) in [6.07, 6.45) is 6.96. The fourth-order valence-corrected chi connectivity index (χ4v) is 1.56. The lowest BCUT2D eigenvalue weighted by atomic mass is 10.0. The first-order chi connectivity index (χ1) is 7.65. The molecular weight excluding hydrogens is 204 g/mol. The summed E-state index contributed by atoms with van der Waals surface area (Å²) in [6.45, 7) is 17.6. The van der Waals surface area contributed by atoms with Crippen molar-refractivity contribution < 1.29 is 0 Å². The second kappa shape index (κ2) is 6.83. The number of hydrogen-bond acceptors (Lipinski definition) is 0. The zero-order valence-corrected chi connectivity index (χ0v) is 13.1. The van der Waals surface area contributed by atoms with E-state index in [4.69, 9.17) is 0 Å². The number of hydrogen-bond donors (Lipinski definition) is 0. The lowest BCUT2D eigenvalue weighted by molar-refractivity contribution is 0.469. The van der Waals surface area contributed by atoms with Crippen molar-refractivity contribution >= 4 is 0 Å². The average molecular weight is 234 g/mol. The fraction of sp³-hybridized carbons (Fsp3) is 0.647. The number of allylic oxidation sites excluding steroid dienone is 6. The highest BCUT2D eigenvalue weighted by Crippen LogP contribution is 2.23. The predicted molar refractivity (Wildman–Crippen MR) is 80.3 cm³/mol. The summed E-state index contributed by atoms with van der Waals surface area (Å²) in [7, 11) is 0. The Labute approximate surface area is 109 Å². The first-order valence-corrected chi connectivity index (χ1v) is 6.69. The van der Waals surface area contributed by atoms with Crippen molar-refractivity contribution in [1.82, 2.24) is 0 Å². The molecule has 1 rings (SSSR count). The van der Waals surface area contributed by atoms with E-state index in [1.54, 1.807) is 5.57 Å². The molecule has 0 saturated heterocycles. The topological polar surface area (TPSA) is 0 Å². The third-order valence-corrected chi connectivity index (χ3v) is 2.69. The molecule has 17 heavy (non-hydrogen) atoms. The molecule has 0 heterocycles. The second-order valence-corrected chi connectivity index (χ2v) is 6.56. The van der Waals surface area contributed by atoms with Gasteiger partial charge in [0.25, 0.3) is 0 Å². The highest BCUT2D eigenvalue weighted by atomic mass is 14.1. The summed E-state index contributed by atoms with van der Waals surface area (Å²) >= 11 is 0. The van der Waals surface area contributed by atoms with Gasteiger partial charge in [-0.1, -0.05) is 63.5 Å². The lowest BCUT2D eigenvalue weighted by Crippen LogP contribution is -1.93. The third kappa shape index (κ3) is 8.01. The van der Waals surface area contributed by atoms with Gasteiger partial charge in [-0.25, -0.2) is 0 Å². The van der Waals surface area contributed by atoms with Crippen LogP contribution in [0.3, 0.4) is 0 Å². The van der Waals surface area contributed by atoms with Crippen LogP contribution in [-0.2, 0) is 0 Å². The van der Waals surface area contributed by atoms with Gasteiger partial charge >= 0.3 is 0 Å². The molecule has 1 aliphatic carbocycles. The van der Waals surface area contributed by atoms with Gasteiger partial charge in [-0.15, -0.1) is 0 Å². The molecule has 0 radical (unpaired) electrons. The van der Waals surface area contributed by atoms with Crippen LogP contribution in [0.2, 0.25) is 0 Å². The molecule has 0 aromatic heterocycles. The highest BCUT2D eigenvalue weighted by Gasteiger charge is 2.03. The van der Waals surface area contributed by atoms with Gasteiger partial charge in [-0.2, -0.15) is 0 Å². The Morgan fingerprint density at radius 2 is 1.47 bits per heavy atom. The van der Waals surface area contributed by atoms with Crippen LogP contribution in [0.25, 0.3) is 0 Å². The van der Waals surface area contributed by atoms with Crippen molar-refractivity contribution in [2.75, 3.05) is 0 Å². The van der Waals surface area contributed by atoms with Crippen molar-refractivity contribution in [3.8, 4) is 0 Å². The average Bonchev–Trinajstić information content (AvgIpc) is 2.25. The molecule has 0 N–H and O–H groups in total. The van der Waals surface area contributed by atoms with Crippen LogP contribution in [0.15, 0.2) is 34.4 Å². The van der Waals surface area contributed by atoms with E-state index in [1.807, 2.05) is 0 Å². The Morgan fingerprint density at radius 1 is 1.00 bits per heavy atom. The van der Waals surface area contributed by atoms with E-state index in [1.165, 1.54) is 23.1 Å². The molecule has 1 aliphatic rings. The summed E-state index contributed by atoms with van der Waals surface area (Å²) in [6, 6.07) is 0. The normalized spacial score (nSPS) is 16.7. The van der Waals surface area contributed by atoms with E-state index in [2.05, 4.69) is 67.5 Å². The molecule has 98 valence electrons. The van der Waals surface area contributed by atoms with Gasteiger partial charge in [0.1, 0.15) is 0 Å². The Hall–Kier alpha value is -0.780. The van der Waals surface area contributed by atoms with Gasteiger partial charge in [0.05, 0.1) is 0 Å². The molecule has 0 nitrogen and oxygen atoms in total. The van der Waals surface area contributed by atoms with Crippen LogP contribution in [0.1, 0.15) is 68.2 Å². The molecule has 0 unspecified atom stereocenters. The van der Waals surface area contributed by atoms with E-state index in [9.17, 15) is 0 Å². The second-order valence-electron chi connectivity index (χ2n) is 6.56. The molecule has 0 aromatic rings. The van der Waals surface area contributed by atoms with E-state index in [-0.39, 0.29) is 0 Å². The Bertz CT molecular complexity index is 324. The zero-order valence-electron chi connectivity index (χ0n) is 13.1. The van der Waals surface area contributed by atoms with Crippen LogP contribution in [0.5, 0.6) is 0 Å². The summed E-state index contributed by atoms with van der Waals surface area (Å²) < 4.78 is 0. The molecule has 0 spiro atoms. The lowest BCUT2D eigenvalue weighted by Gasteiger charge is -2.05. The predicted octanol–water partition coefficient (Wildman–Crippen LogP) is 6.06. The van der Waals surface area contributed by atoms with Crippen LogP contribution in [0, 0.1) is 5.41 Å². The van der Waals surface area contributed by atoms with Gasteiger partial charge in [-0.05, 0) is 44.6 Å². The first kappa shape index (κ1) is 16.2. The maximum Gasteiger partial charge on any atom is -0.0127 e. The smallest absolute Gasteiger partial charge is 0.0127 e. The SMILES string of the molecule is CC(C)(C)C.CCC1=C(C)C=C(C)C(C)=CC1. The van der Waals surface area contributed by atoms with Crippen molar-refractivity contribution in [2.45, 2.75) is 68.2 Å². The minimum Gasteiger partial charge on any atom is -0.0772 e. The van der Waals surface area contributed by atoms with Gasteiger partial charge in [-0.3, -0.25) is 0 Å². The van der Waals surface area contributed by atoms with Crippen LogP contribution < -0.4 is 0 Å². The largest absolute Gasteiger partial charge is 0.0772 e. The third-order valence-electron chi connectivity index (χ3n) is 2.69. The molecule has 0 aromatic carbocycles. The Kier molecular flexibility index (Phi) is 6.52. The minimum atomic E-state index is 0.500. The molecule has 0 amide bonds. The highest BCUT2D eigenvalue weighted by molar-refractivity contribution is 5.40. The molecule has 0 aliphatic heterocycles. The van der Waals surface area contributed by atoms with Crippen molar-refractivity contribution in [1.29, 1.82) is 0 Å². The molecule has 0 bridgehead atoms. The minimum absolute atomic E-state index is 0.500. The van der Waals surface area contributed by atoms with Gasteiger partial charge in [0, 0.05) is 0 Å². The van der Waals surface area contributed by atoms with E-state index < -0.39 is 0 Å². The number of rotatable bonds is 1. The van der Waals surface area contributed by atoms with Crippen LogP contribution in [-0.4, -0.2) is 0 Å². The van der Waals surface area contributed by atoms with Crippen LogP contribution >= 0.6 is 0 Å². The summed E-state index contributed by atoms with van der Waals surface area (Å²) in [4.78, 5) is 0. The first-order valence-electron chi connectivity index (χ1n) is 6.69. The summed E-state index contributed by atoms with van der Waals surface area (Å²) in [5.41, 5.74) is 6.38. The fourth-order valence-electron chi connectivity index (χ4n) is 1.56. The Balaban J connectivity index is 0.000000437. The van der Waals surface area contributed by atoms with Gasteiger partial charge in [0.15, 0.2) is 0 Å². The van der Waals surface area contributed by atoms with E-state index >= 15 is 0 Å². The van der Waals surface area contributed by atoms with Gasteiger partial charge < -0.3 is 0 Å². The standard InChI is InChI=1S/C12H18.C5H12/c1-5-12-7-6-9(2)10(3)8-11(12)4;1-5(2,3)4/h6,8H,5,7H2,1-4H3;1-4H3.